The summed E-state index contributed by atoms with van der Waals surface area (Å²) < 4.78 is 10.4. The number of ether oxygens (including phenoxy) is 2. The highest BCUT2D eigenvalue weighted by Crippen LogP contribution is 2.42. The Hall–Kier alpha value is -1.92. The Bertz CT molecular complexity index is 521. The van der Waals surface area contributed by atoms with E-state index in [1.54, 1.807) is 13.1 Å². The molecule has 1 aromatic rings. The van der Waals surface area contributed by atoms with Crippen LogP contribution in [0.15, 0.2) is 18.2 Å². The van der Waals surface area contributed by atoms with Gasteiger partial charge in [-0.25, -0.2) is 4.79 Å². The Balaban J connectivity index is 2.68. The lowest BCUT2D eigenvalue weighted by molar-refractivity contribution is -0.208. The predicted octanol–water partition coefficient (Wildman–Crippen LogP) is 0.807. The van der Waals surface area contributed by atoms with Crippen molar-refractivity contribution < 1.29 is 24.2 Å². The van der Waals surface area contributed by atoms with Crippen LogP contribution in [0.3, 0.4) is 0 Å². The van der Waals surface area contributed by atoms with Crippen molar-refractivity contribution >= 4 is 17.6 Å². The molecular weight excluding hydrogens is 238 g/mol. The minimum Gasteiger partial charge on any atom is -0.478 e. The van der Waals surface area contributed by atoms with Crippen LogP contribution in [0, 0.1) is 0 Å². The SMILES string of the molecule is COC1(OC)C(=O)N(C)c2ccc(C(=O)O)cc21. The molecule has 1 N–H and O–H groups in total. The Labute approximate surface area is 104 Å². The third-order valence-corrected chi connectivity index (χ3v) is 3.12. The molecule has 1 aliphatic heterocycles. The average Bonchev–Trinajstić information content (AvgIpc) is 2.59. The van der Waals surface area contributed by atoms with E-state index in [2.05, 4.69) is 0 Å². The molecule has 0 bridgehead atoms. The standard InChI is InChI=1S/C12H13NO5/c1-13-9-5-4-7(10(14)15)6-8(9)12(17-2,18-3)11(13)16/h4-6H,1-3H3,(H,14,15). The molecule has 1 amide bonds. The molecule has 0 saturated carbocycles. The molecule has 0 atom stereocenters. The number of likely N-dealkylation sites (N-methyl/N-ethyl adjacent to an activating group) is 1. The number of carboxylic acids is 1. The van der Waals surface area contributed by atoms with Gasteiger partial charge < -0.3 is 19.5 Å². The second-order valence-corrected chi connectivity index (χ2v) is 3.93. The molecule has 1 heterocycles. The van der Waals surface area contributed by atoms with Gasteiger partial charge in [0.1, 0.15) is 0 Å². The number of methoxy groups -OCH3 is 2. The van der Waals surface area contributed by atoms with E-state index in [4.69, 9.17) is 14.6 Å². The van der Waals surface area contributed by atoms with Gasteiger partial charge in [-0.15, -0.1) is 0 Å². The molecule has 6 heteroatoms. The number of carboxylic acid groups (broad SMARTS) is 1. The van der Waals surface area contributed by atoms with Crippen LogP contribution in [0.5, 0.6) is 0 Å². The second kappa shape index (κ2) is 4.08. The summed E-state index contributed by atoms with van der Waals surface area (Å²) >= 11 is 0. The van der Waals surface area contributed by atoms with Crippen LogP contribution in [0.25, 0.3) is 0 Å². The van der Waals surface area contributed by atoms with Crippen LogP contribution >= 0.6 is 0 Å². The number of hydrogen-bond donors (Lipinski definition) is 1. The highest BCUT2D eigenvalue weighted by Gasteiger charge is 2.51. The van der Waals surface area contributed by atoms with E-state index in [1.807, 2.05) is 0 Å². The molecule has 0 aliphatic carbocycles. The number of benzene rings is 1. The van der Waals surface area contributed by atoms with Crippen molar-refractivity contribution in [3.63, 3.8) is 0 Å². The van der Waals surface area contributed by atoms with Crippen LogP contribution in [0.2, 0.25) is 0 Å². The molecule has 18 heavy (non-hydrogen) atoms. The topological polar surface area (TPSA) is 76.1 Å². The fourth-order valence-corrected chi connectivity index (χ4v) is 2.15. The van der Waals surface area contributed by atoms with Crippen LogP contribution < -0.4 is 4.90 Å². The minimum atomic E-state index is -1.56. The molecule has 1 aliphatic rings. The maximum atomic E-state index is 12.2. The Morgan fingerprint density at radius 3 is 2.44 bits per heavy atom. The fourth-order valence-electron chi connectivity index (χ4n) is 2.15. The summed E-state index contributed by atoms with van der Waals surface area (Å²) in [4.78, 5) is 24.5. The third kappa shape index (κ3) is 1.43. The van der Waals surface area contributed by atoms with Crippen molar-refractivity contribution in [3.8, 4) is 0 Å². The number of fused-ring (bicyclic) bond motifs is 1. The minimum absolute atomic E-state index is 0.0790. The third-order valence-electron chi connectivity index (χ3n) is 3.12. The summed E-state index contributed by atoms with van der Waals surface area (Å²) in [6, 6.07) is 4.40. The normalized spacial score (nSPS) is 16.8. The lowest BCUT2D eigenvalue weighted by Crippen LogP contribution is -2.41. The highest BCUT2D eigenvalue weighted by atomic mass is 16.7. The Morgan fingerprint density at radius 1 is 1.33 bits per heavy atom. The van der Waals surface area contributed by atoms with Gasteiger partial charge in [0.25, 0.3) is 11.7 Å². The molecule has 0 fully saturated rings. The van der Waals surface area contributed by atoms with Crippen molar-refractivity contribution in [1.82, 2.24) is 0 Å². The number of rotatable bonds is 3. The van der Waals surface area contributed by atoms with E-state index >= 15 is 0 Å². The van der Waals surface area contributed by atoms with Gasteiger partial charge in [-0.3, -0.25) is 4.79 Å². The number of carbonyl (C=O) groups excluding carboxylic acids is 1. The zero-order valence-electron chi connectivity index (χ0n) is 10.3. The van der Waals surface area contributed by atoms with E-state index in [9.17, 15) is 9.59 Å². The van der Waals surface area contributed by atoms with Crippen molar-refractivity contribution in [3.05, 3.63) is 29.3 Å². The largest absolute Gasteiger partial charge is 0.478 e. The molecule has 0 spiro atoms. The molecule has 96 valence electrons. The van der Waals surface area contributed by atoms with E-state index in [0.717, 1.165) is 0 Å². The van der Waals surface area contributed by atoms with Crippen LogP contribution in [-0.2, 0) is 20.1 Å². The van der Waals surface area contributed by atoms with E-state index < -0.39 is 11.8 Å². The first-order valence-corrected chi connectivity index (χ1v) is 5.24. The number of aromatic carboxylic acids is 1. The number of amides is 1. The maximum Gasteiger partial charge on any atom is 0.335 e. The maximum absolute atomic E-state index is 12.2. The van der Waals surface area contributed by atoms with Crippen LogP contribution in [0.4, 0.5) is 5.69 Å². The first-order valence-electron chi connectivity index (χ1n) is 5.24. The van der Waals surface area contributed by atoms with Gasteiger partial charge in [-0.2, -0.15) is 0 Å². The summed E-state index contributed by atoms with van der Waals surface area (Å²) in [5.41, 5.74) is 1.06. The quantitative estimate of drug-likeness (QED) is 0.804. The molecular formula is C12H13NO5. The van der Waals surface area contributed by atoms with Crippen molar-refractivity contribution in [2.75, 3.05) is 26.2 Å². The summed E-state index contributed by atoms with van der Waals surface area (Å²) in [5, 5.41) is 8.98. The lowest BCUT2D eigenvalue weighted by Gasteiger charge is -2.24. The lowest BCUT2D eigenvalue weighted by atomic mass is 10.0. The van der Waals surface area contributed by atoms with Crippen molar-refractivity contribution in [1.29, 1.82) is 0 Å². The Morgan fingerprint density at radius 2 is 1.94 bits per heavy atom. The van der Waals surface area contributed by atoms with Gasteiger partial charge in [0.05, 0.1) is 11.3 Å². The molecule has 0 saturated heterocycles. The Kier molecular flexibility index (Phi) is 2.84. The van der Waals surface area contributed by atoms with Gasteiger partial charge in [0.2, 0.25) is 0 Å². The van der Waals surface area contributed by atoms with Crippen LogP contribution in [-0.4, -0.2) is 38.3 Å². The summed E-state index contributed by atoms with van der Waals surface area (Å²) in [5.74, 6) is -3.01. The molecule has 6 nitrogen and oxygen atoms in total. The average molecular weight is 251 g/mol. The fraction of sp³-hybridized carbons (Fsp3) is 0.333. The highest BCUT2D eigenvalue weighted by molar-refractivity contribution is 6.06. The smallest absolute Gasteiger partial charge is 0.335 e. The van der Waals surface area contributed by atoms with Gasteiger partial charge in [0.15, 0.2) is 0 Å². The number of anilines is 1. The monoisotopic (exact) mass is 251 g/mol. The van der Waals surface area contributed by atoms with Crippen molar-refractivity contribution in [2.24, 2.45) is 0 Å². The van der Waals surface area contributed by atoms with E-state index in [0.29, 0.717) is 11.3 Å². The number of carbonyl (C=O) groups is 2. The first-order chi connectivity index (χ1) is 8.47. The molecule has 0 radical (unpaired) electrons. The molecule has 0 aromatic heterocycles. The van der Waals surface area contributed by atoms with Gasteiger partial charge >= 0.3 is 5.97 Å². The number of nitrogens with zero attached hydrogens (tertiary/aromatic N) is 1. The van der Waals surface area contributed by atoms with Crippen LogP contribution in [0.1, 0.15) is 15.9 Å². The number of hydrogen-bond acceptors (Lipinski definition) is 4. The molecule has 1 aromatic carbocycles. The van der Waals surface area contributed by atoms with Gasteiger partial charge in [-0.05, 0) is 18.2 Å². The predicted molar refractivity (Wildman–Crippen MR) is 62.5 cm³/mol. The summed E-state index contributed by atoms with van der Waals surface area (Å²) in [7, 11) is 4.27. The second-order valence-electron chi connectivity index (χ2n) is 3.93. The molecule has 0 unspecified atom stereocenters. The zero-order valence-corrected chi connectivity index (χ0v) is 10.3. The van der Waals surface area contributed by atoms with E-state index in [-0.39, 0.29) is 11.5 Å². The zero-order chi connectivity index (χ0) is 13.5. The first kappa shape index (κ1) is 12.5. The summed E-state index contributed by atoms with van der Waals surface area (Å²) in [6.07, 6.45) is 0. The summed E-state index contributed by atoms with van der Waals surface area (Å²) in [6.45, 7) is 0. The van der Waals surface area contributed by atoms with Gasteiger partial charge in [-0.1, -0.05) is 0 Å². The van der Waals surface area contributed by atoms with Gasteiger partial charge in [0, 0.05) is 26.8 Å². The van der Waals surface area contributed by atoms with Crippen molar-refractivity contribution in [2.45, 2.75) is 5.79 Å². The van der Waals surface area contributed by atoms with E-state index in [1.165, 1.54) is 31.3 Å². The molecule has 2 rings (SSSR count).